The average molecular weight is 712 g/mol. The Kier molecular flexibility index (Phi) is 12.0. The maximum atomic E-state index is 13.2. The normalized spacial score (nSPS) is 11.4. The Morgan fingerprint density at radius 2 is 1.82 bits per heavy atom. The van der Waals surface area contributed by atoms with Crippen molar-refractivity contribution in [1.29, 1.82) is 0 Å². The molecular weight excluding hydrogens is 677 g/mol. The Morgan fingerprint density at radius 3 is 2.57 bits per heavy atom. The zero-order valence-electron chi connectivity index (χ0n) is 26.5. The summed E-state index contributed by atoms with van der Waals surface area (Å²) >= 11 is 6.54. The van der Waals surface area contributed by atoms with E-state index in [1.54, 1.807) is 54.0 Å². The van der Waals surface area contributed by atoms with Crippen LogP contribution in [-0.2, 0) is 27.8 Å². The molecule has 12 nitrogen and oxygen atoms in total. The maximum absolute atomic E-state index is 13.2. The molecule has 0 aliphatic carbocycles. The number of anilines is 2. The SMILES string of the molecule is CS(=O)(=O)CCNCc1ccc(-c2cc3c(Nc4ccc(OCc5ccc(F)cc5)c(Cl)c4)ncnc3cc2OCCCCC(=O)NO)o1. The number of rotatable bonds is 17. The molecule has 5 rings (SSSR count). The molecule has 0 spiro atoms. The minimum absolute atomic E-state index is 0.00985. The molecule has 0 saturated heterocycles. The van der Waals surface area contributed by atoms with E-state index >= 15 is 0 Å². The molecule has 0 aliphatic heterocycles. The van der Waals surface area contributed by atoms with Crippen molar-refractivity contribution < 1.29 is 36.7 Å². The van der Waals surface area contributed by atoms with Gasteiger partial charge in [0.15, 0.2) is 0 Å². The van der Waals surface area contributed by atoms with Gasteiger partial charge in [0.05, 0.1) is 35.0 Å². The summed E-state index contributed by atoms with van der Waals surface area (Å²) in [6, 6.07) is 18.5. The van der Waals surface area contributed by atoms with Gasteiger partial charge in [-0.25, -0.2) is 28.3 Å². The van der Waals surface area contributed by atoms with Gasteiger partial charge in [0.25, 0.3) is 0 Å². The van der Waals surface area contributed by atoms with Gasteiger partial charge in [0, 0.05) is 36.4 Å². The van der Waals surface area contributed by atoms with Gasteiger partial charge >= 0.3 is 0 Å². The van der Waals surface area contributed by atoms with Crippen molar-refractivity contribution in [3.05, 3.63) is 95.2 Å². The van der Waals surface area contributed by atoms with Crippen LogP contribution in [0.5, 0.6) is 11.5 Å². The van der Waals surface area contributed by atoms with Crippen LogP contribution in [-0.4, -0.2) is 54.7 Å². The number of fused-ring (bicyclic) bond motifs is 1. The molecule has 0 saturated carbocycles. The van der Waals surface area contributed by atoms with Crippen molar-refractivity contribution >= 4 is 49.8 Å². The van der Waals surface area contributed by atoms with Crippen molar-refractivity contribution in [2.24, 2.45) is 0 Å². The predicted octanol–water partition coefficient (Wildman–Crippen LogP) is 6.19. The van der Waals surface area contributed by atoms with Crippen LogP contribution >= 0.6 is 11.6 Å². The van der Waals surface area contributed by atoms with Crippen LogP contribution < -0.4 is 25.6 Å². The summed E-state index contributed by atoms with van der Waals surface area (Å²) in [4.78, 5) is 20.3. The lowest BCUT2D eigenvalue weighted by Gasteiger charge is -2.15. The molecular formula is C34H35ClFN5O7S. The average Bonchev–Trinajstić information content (AvgIpc) is 3.55. The fourth-order valence-corrected chi connectivity index (χ4v) is 5.53. The number of carbonyl (C=O) groups is 1. The number of amides is 1. The number of hydrogen-bond acceptors (Lipinski definition) is 11. The standard InChI is InChI=1S/C34H35ClFN5O7S/c1-49(44,45)15-13-37-19-25-10-12-30(48-25)27-17-26-29(18-32(27)46-14-3-2-4-33(42)41-43)38-21-39-34(26)40-24-9-11-31(28(35)16-24)47-20-22-5-7-23(36)8-6-22/h5-12,16-18,21,37,43H,2-4,13-15,19-20H2,1H3,(H,41,42)(H,38,39,40). The molecule has 0 fully saturated rings. The van der Waals surface area contributed by atoms with Crippen molar-refractivity contribution in [3.8, 4) is 22.8 Å². The third kappa shape index (κ3) is 10.4. The first-order valence-corrected chi connectivity index (χ1v) is 17.8. The number of unbranched alkanes of at least 4 members (excludes halogenated alkanes) is 1. The zero-order valence-corrected chi connectivity index (χ0v) is 28.1. The quantitative estimate of drug-likeness (QED) is 0.0494. The van der Waals surface area contributed by atoms with Crippen LogP contribution in [0.3, 0.4) is 0 Å². The van der Waals surface area contributed by atoms with Gasteiger partial charge in [0.1, 0.15) is 57.4 Å². The first-order valence-electron chi connectivity index (χ1n) is 15.3. The van der Waals surface area contributed by atoms with Gasteiger partial charge in [-0.05, 0) is 66.9 Å². The maximum Gasteiger partial charge on any atom is 0.243 e. The van der Waals surface area contributed by atoms with E-state index in [1.807, 2.05) is 6.07 Å². The first-order chi connectivity index (χ1) is 23.6. The Balaban J connectivity index is 1.37. The third-order valence-corrected chi connectivity index (χ3v) is 8.54. The second-order valence-electron chi connectivity index (χ2n) is 11.2. The van der Waals surface area contributed by atoms with Gasteiger partial charge in [-0.15, -0.1) is 0 Å². The van der Waals surface area contributed by atoms with Gasteiger partial charge in [0.2, 0.25) is 5.91 Å². The molecule has 0 bridgehead atoms. The number of benzene rings is 3. The van der Waals surface area contributed by atoms with E-state index < -0.39 is 15.7 Å². The van der Waals surface area contributed by atoms with Crippen molar-refractivity contribution in [3.63, 3.8) is 0 Å². The molecule has 49 heavy (non-hydrogen) atoms. The van der Waals surface area contributed by atoms with Crippen LogP contribution in [0.15, 0.2) is 77.5 Å². The summed E-state index contributed by atoms with van der Waals surface area (Å²) in [5, 5.41) is 16.1. The van der Waals surface area contributed by atoms with Gasteiger partial charge < -0.3 is 24.5 Å². The predicted molar refractivity (Wildman–Crippen MR) is 183 cm³/mol. The van der Waals surface area contributed by atoms with E-state index in [2.05, 4.69) is 20.6 Å². The number of halogens is 2. The van der Waals surface area contributed by atoms with E-state index in [1.165, 1.54) is 24.7 Å². The molecule has 0 unspecified atom stereocenters. The topological polar surface area (TPSA) is 165 Å². The highest BCUT2D eigenvalue weighted by Crippen LogP contribution is 2.38. The number of ether oxygens (including phenoxy) is 2. The smallest absolute Gasteiger partial charge is 0.243 e. The summed E-state index contributed by atoms with van der Waals surface area (Å²) < 4.78 is 54.3. The summed E-state index contributed by atoms with van der Waals surface area (Å²) in [5.41, 5.74) is 4.29. The highest BCUT2D eigenvalue weighted by Gasteiger charge is 2.17. The van der Waals surface area contributed by atoms with Crippen LogP contribution in [0, 0.1) is 5.82 Å². The second kappa shape index (κ2) is 16.6. The first kappa shape index (κ1) is 35.5. The Hall–Kier alpha value is -4.76. The zero-order chi connectivity index (χ0) is 34.8. The van der Waals surface area contributed by atoms with E-state index in [4.69, 9.17) is 30.7 Å². The number of furan rings is 1. The van der Waals surface area contributed by atoms with Crippen molar-refractivity contribution in [2.75, 3.05) is 30.5 Å². The molecule has 0 radical (unpaired) electrons. The van der Waals surface area contributed by atoms with E-state index in [-0.39, 0.29) is 31.1 Å². The van der Waals surface area contributed by atoms with Crippen LogP contribution in [0.1, 0.15) is 30.6 Å². The summed E-state index contributed by atoms with van der Waals surface area (Å²) in [6.45, 7) is 1.12. The van der Waals surface area contributed by atoms with Crippen molar-refractivity contribution in [1.82, 2.24) is 20.8 Å². The van der Waals surface area contributed by atoms with E-state index in [0.717, 1.165) is 5.56 Å². The molecule has 1 amide bonds. The molecule has 2 heterocycles. The van der Waals surface area contributed by atoms with Crippen LogP contribution in [0.2, 0.25) is 5.02 Å². The van der Waals surface area contributed by atoms with E-state index in [0.29, 0.717) is 82.0 Å². The minimum Gasteiger partial charge on any atom is -0.493 e. The summed E-state index contributed by atoms with van der Waals surface area (Å²) in [7, 11) is -3.09. The van der Waals surface area contributed by atoms with Crippen LogP contribution in [0.4, 0.5) is 15.9 Å². The van der Waals surface area contributed by atoms with Gasteiger partial charge in [-0.1, -0.05) is 23.7 Å². The lowest BCUT2D eigenvalue weighted by Crippen LogP contribution is -2.21. The number of hydroxylamine groups is 1. The number of nitrogens with one attached hydrogen (secondary N) is 3. The highest BCUT2D eigenvalue weighted by atomic mass is 35.5. The Morgan fingerprint density at radius 1 is 1.00 bits per heavy atom. The number of hydrogen-bond donors (Lipinski definition) is 4. The number of aromatic nitrogens is 2. The lowest BCUT2D eigenvalue weighted by atomic mass is 10.1. The number of nitrogens with zero attached hydrogens (tertiary/aromatic N) is 2. The highest BCUT2D eigenvalue weighted by molar-refractivity contribution is 7.90. The van der Waals surface area contributed by atoms with Crippen molar-refractivity contribution in [2.45, 2.75) is 32.4 Å². The molecule has 5 aromatic rings. The summed E-state index contributed by atoms with van der Waals surface area (Å²) in [6.07, 6.45) is 3.83. The monoisotopic (exact) mass is 711 g/mol. The molecule has 4 N–H and O–H groups in total. The number of carbonyl (C=O) groups excluding carboxylic acids is 1. The van der Waals surface area contributed by atoms with Crippen LogP contribution in [0.25, 0.3) is 22.2 Å². The summed E-state index contributed by atoms with van der Waals surface area (Å²) in [5.74, 6) is 1.79. The largest absolute Gasteiger partial charge is 0.493 e. The number of sulfone groups is 1. The Labute approximate surface area is 287 Å². The minimum atomic E-state index is -3.09. The molecule has 3 aromatic carbocycles. The van der Waals surface area contributed by atoms with Gasteiger partial charge in [-0.2, -0.15) is 0 Å². The molecule has 2 aromatic heterocycles. The second-order valence-corrected chi connectivity index (χ2v) is 13.9. The fraction of sp³-hybridized carbons (Fsp3) is 0.265. The Bertz CT molecular complexity index is 2010. The molecule has 258 valence electrons. The third-order valence-electron chi connectivity index (χ3n) is 7.30. The lowest BCUT2D eigenvalue weighted by molar-refractivity contribution is -0.129. The molecule has 15 heteroatoms. The fourth-order valence-electron chi connectivity index (χ4n) is 4.78. The van der Waals surface area contributed by atoms with Gasteiger partial charge in [-0.3, -0.25) is 10.0 Å². The molecule has 0 aliphatic rings. The molecule has 0 atom stereocenters. The van der Waals surface area contributed by atoms with E-state index in [9.17, 15) is 17.6 Å².